The van der Waals surface area contributed by atoms with Crippen LogP contribution in [0.2, 0.25) is 5.02 Å². The highest BCUT2D eigenvalue weighted by Crippen LogP contribution is 2.34. The largest absolute Gasteiger partial charge is 0.496 e. The second-order valence-electron chi connectivity index (χ2n) is 4.21. The highest BCUT2D eigenvalue weighted by Gasteiger charge is 2.18. The predicted molar refractivity (Wildman–Crippen MR) is 83.1 cm³/mol. The number of aromatic amines is 1. The molecule has 0 atom stereocenters. The van der Waals surface area contributed by atoms with Crippen LogP contribution >= 0.6 is 23.4 Å². The van der Waals surface area contributed by atoms with Crippen molar-refractivity contribution in [3.8, 4) is 23.1 Å². The average Bonchev–Trinajstić information content (AvgIpc) is 2.48. The van der Waals surface area contributed by atoms with Gasteiger partial charge < -0.3 is 9.72 Å². The molecule has 2 aromatic rings. The number of aryl methyl sites for hydroxylation is 1. The van der Waals surface area contributed by atoms with Gasteiger partial charge in [-0.1, -0.05) is 23.4 Å². The summed E-state index contributed by atoms with van der Waals surface area (Å²) in [6.45, 7) is 1.85. The Morgan fingerprint density at radius 3 is 2.76 bits per heavy atom. The van der Waals surface area contributed by atoms with E-state index in [2.05, 4.69) is 9.97 Å². The van der Waals surface area contributed by atoms with Crippen LogP contribution in [0.25, 0.3) is 11.3 Å². The summed E-state index contributed by atoms with van der Waals surface area (Å²) in [5.41, 5.74) is 1.08. The molecule has 1 heterocycles. The molecule has 1 aromatic heterocycles. The van der Waals surface area contributed by atoms with Crippen molar-refractivity contribution in [3.63, 3.8) is 0 Å². The van der Waals surface area contributed by atoms with Crippen molar-refractivity contribution in [1.29, 1.82) is 5.26 Å². The fraction of sp³-hybridized carbons (Fsp3) is 0.214. The number of thioether (sulfide) groups is 1. The van der Waals surface area contributed by atoms with Gasteiger partial charge in [-0.3, -0.25) is 4.79 Å². The molecular weight excluding hydrogens is 310 g/mol. The van der Waals surface area contributed by atoms with Crippen molar-refractivity contribution in [2.24, 2.45) is 0 Å². The van der Waals surface area contributed by atoms with Crippen LogP contribution in [0.4, 0.5) is 0 Å². The number of methoxy groups -OCH3 is 1. The molecule has 0 saturated carbocycles. The lowest BCUT2D eigenvalue weighted by molar-refractivity contribution is 0.416. The van der Waals surface area contributed by atoms with Gasteiger partial charge in [0.25, 0.3) is 5.56 Å². The predicted octanol–water partition coefficient (Wildman–Crippen LogP) is 3.00. The maximum absolute atomic E-state index is 12.0. The Labute approximate surface area is 130 Å². The Bertz CT molecular complexity index is 796. The lowest BCUT2D eigenvalue weighted by atomic mass is 10.0. The van der Waals surface area contributed by atoms with E-state index in [1.165, 1.54) is 18.9 Å². The molecule has 0 spiro atoms. The van der Waals surface area contributed by atoms with E-state index < -0.39 is 5.56 Å². The molecule has 0 amide bonds. The first-order valence-corrected chi connectivity index (χ1v) is 7.55. The number of rotatable bonds is 3. The minimum absolute atomic E-state index is 0.0639. The van der Waals surface area contributed by atoms with Gasteiger partial charge in [-0.15, -0.1) is 0 Å². The van der Waals surface area contributed by atoms with Crippen molar-refractivity contribution in [3.05, 3.63) is 38.6 Å². The molecule has 1 N–H and O–H groups in total. The number of hydrogen-bond donors (Lipinski definition) is 1. The van der Waals surface area contributed by atoms with Gasteiger partial charge in [0.2, 0.25) is 0 Å². The molecule has 21 heavy (non-hydrogen) atoms. The SMILES string of the molecule is COc1cc(C)c(Cl)cc1-c1nc(SC)[nH]c(=O)c1C#N. The lowest BCUT2D eigenvalue weighted by Crippen LogP contribution is -2.14. The van der Waals surface area contributed by atoms with E-state index in [1.54, 1.807) is 18.4 Å². The van der Waals surface area contributed by atoms with E-state index >= 15 is 0 Å². The number of nitriles is 1. The van der Waals surface area contributed by atoms with Gasteiger partial charge in [0, 0.05) is 10.6 Å². The highest BCUT2D eigenvalue weighted by atomic mass is 35.5. The van der Waals surface area contributed by atoms with Crippen molar-refractivity contribution >= 4 is 23.4 Å². The third kappa shape index (κ3) is 2.89. The number of hydrogen-bond acceptors (Lipinski definition) is 5. The van der Waals surface area contributed by atoms with Gasteiger partial charge in [-0.05, 0) is 30.9 Å². The van der Waals surface area contributed by atoms with E-state index in [0.717, 1.165) is 5.56 Å². The molecule has 108 valence electrons. The van der Waals surface area contributed by atoms with Crippen LogP contribution < -0.4 is 10.3 Å². The van der Waals surface area contributed by atoms with Gasteiger partial charge in [-0.2, -0.15) is 5.26 Å². The fourth-order valence-electron chi connectivity index (χ4n) is 1.86. The minimum atomic E-state index is -0.481. The van der Waals surface area contributed by atoms with Crippen molar-refractivity contribution in [2.75, 3.05) is 13.4 Å². The molecule has 5 nitrogen and oxygen atoms in total. The smallest absolute Gasteiger partial charge is 0.270 e. The molecule has 0 aliphatic rings. The molecule has 0 bridgehead atoms. The number of benzene rings is 1. The van der Waals surface area contributed by atoms with E-state index in [4.69, 9.17) is 16.3 Å². The molecule has 0 unspecified atom stereocenters. The molecule has 0 saturated heterocycles. The first-order chi connectivity index (χ1) is 10.0. The van der Waals surface area contributed by atoms with Crippen LogP contribution in [0.1, 0.15) is 11.1 Å². The normalized spacial score (nSPS) is 10.2. The molecule has 0 aliphatic carbocycles. The van der Waals surface area contributed by atoms with Crippen molar-refractivity contribution in [2.45, 2.75) is 12.1 Å². The third-order valence-electron chi connectivity index (χ3n) is 2.94. The van der Waals surface area contributed by atoms with Gasteiger partial charge in [0.1, 0.15) is 23.1 Å². The maximum atomic E-state index is 12.0. The maximum Gasteiger partial charge on any atom is 0.270 e. The zero-order chi connectivity index (χ0) is 15.6. The summed E-state index contributed by atoms with van der Waals surface area (Å²) in [5.74, 6) is 0.513. The zero-order valence-corrected chi connectivity index (χ0v) is 13.2. The Balaban J connectivity index is 2.84. The Morgan fingerprint density at radius 1 is 1.48 bits per heavy atom. The monoisotopic (exact) mass is 321 g/mol. The fourth-order valence-corrected chi connectivity index (χ4v) is 2.40. The Hall–Kier alpha value is -1.97. The molecule has 2 rings (SSSR count). The summed E-state index contributed by atoms with van der Waals surface area (Å²) in [5, 5.41) is 10.2. The number of H-pyrrole nitrogens is 1. The summed E-state index contributed by atoms with van der Waals surface area (Å²) < 4.78 is 5.32. The van der Waals surface area contributed by atoms with Gasteiger partial charge >= 0.3 is 0 Å². The zero-order valence-electron chi connectivity index (χ0n) is 11.7. The third-order valence-corrected chi connectivity index (χ3v) is 3.93. The number of nitrogens with one attached hydrogen (secondary N) is 1. The lowest BCUT2D eigenvalue weighted by Gasteiger charge is -2.12. The number of ether oxygens (including phenoxy) is 1. The summed E-state index contributed by atoms with van der Waals surface area (Å²) in [6, 6.07) is 5.29. The van der Waals surface area contributed by atoms with Crippen LogP contribution in [0.15, 0.2) is 22.1 Å². The van der Waals surface area contributed by atoms with Crippen LogP contribution in [0.3, 0.4) is 0 Å². The summed E-state index contributed by atoms with van der Waals surface area (Å²) in [7, 11) is 1.51. The van der Waals surface area contributed by atoms with Gasteiger partial charge in [0.05, 0.1) is 7.11 Å². The second-order valence-corrected chi connectivity index (χ2v) is 5.41. The van der Waals surface area contributed by atoms with Gasteiger partial charge in [0.15, 0.2) is 5.16 Å². The molecule has 7 heteroatoms. The number of halogens is 1. The average molecular weight is 322 g/mol. The van der Waals surface area contributed by atoms with E-state index in [1.807, 2.05) is 13.0 Å². The van der Waals surface area contributed by atoms with E-state index in [9.17, 15) is 10.1 Å². The quantitative estimate of drug-likeness (QED) is 0.694. The Kier molecular flexibility index (Phi) is 4.56. The van der Waals surface area contributed by atoms with E-state index in [0.29, 0.717) is 21.5 Å². The molecule has 1 aromatic carbocycles. The van der Waals surface area contributed by atoms with Crippen molar-refractivity contribution < 1.29 is 4.74 Å². The van der Waals surface area contributed by atoms with Gasteiger partial charge in [-0.25, -0.2) is 4.98 Å². The first-order valence-electron chi connectivity index (χ1n) is 5.94. The summed E-state index contributed by atoms with van der Waals surface area (Å²) >= 11 is 7.43. The highest BCUT2D eigenvalue weighted by molar-refractivity contribution is 7.98. The standard InChI is InChI=1S/C14H12ClN3O2S/c1-7-4-11(20-2)8(5-10(7)15)12-9(6-16)13(19)18-14(17-12)21-3/h4-5H,1-3H3,(H,17,18,19). The molecule has 0 fully saturated rings. The second kappa shape index (κ2) is 6.20. The molecule has 0 radical (unpaired) electrons. The minimum Gasteiger partial charge on any atom is -0.496 e. The van der Waals surface area contributed by atoms with Crippen molar-refractivity contribution in [1.82, 2.24) is 9.97 Å². The first kappa shape index (κ1) is 15.4. The van der Waals surface area contributed by atoms with E-state index in [-0.39, 0.29) is 11.3 Å². The van der Waals surface area contributed by atoms with Crippen LogP contribution in [0.5, 0.6) is 5.75 Å². The number of nitrogens with zero attached hydrogens (tertiary/aromatic N) is 2. The molecule has 0 aliphatic heterocycles. The van der Waals surface area contributed by atoms with Crippen LogP contribution in [-0.2, 0) is 0 Å². The topological polar surface area (TPSA) is 78.8 Å². The summed E-state index contributed by atoms with van der Waals surface area (Å²) in [4.78, 5) is 18.8. The van der Waals surface area contributed by atoms with Crippen LogP contribution in [-0.4, -0.2) is 23.3 Å². The van der Waals surface area contributed by atoms with Crippen LogP contribution in [0, 0.1) is 18.3 Å². The number of aromatic nitrogens is 2. The Morgan fingerprint density at radius 2 is 2.19 bits per heavy atom. The summed E-state index contributed by atoms with van der Waals surface area (Å²) in [6.07, 6.45) is 1.79. The molecular formula is C14H12ClN3O2S.